The van der Waals surface area contributed by atoms with Gasteiger partial charge in [-0.2, -0.15) is 0 Å². The summed E-state index contributed by atoms with van der Waals surface area (Å²) < 4.78 is 40.0. The molecule has 2 aliphatic rings. The van der Waals surface area contributed by atoms with Crippen molar-refractivity contribution >= 4 is 11.5 Å². The predicted octanol–water partition coefficient (Wildman–Crippen LogP) is 4.78. The van der Waals surface area contributed by atoms with Crippen LogP contribution in [0, 0.1) is 5.82 Å². The van der Waals surface area contributed by atoms with Crippen LogP contribution in [0.5, 0.6) is 0 Å². The molecule has 1 aromatic carbocycles. The van der Waals surface area contributed by atoms with E-state index in [2.05, 4.69) is 20.9 Å². The standard InChI is InChI=1S/C26H36F2N4O2/c1-33-14-11-29-20-5-7-21(8-6-20)32-25-16-23(24(27)17-30-25)19-3-2-4-22(15-19)31-18-26(28)9-12-34-13-10-26/h2-4,15-17,20-21,29,31H,5-14,18H2,1H3,(H,30,32)/t20-,21-. The Morgan fingerprint density at radius 2 is 1.88 bits per heavy atom. The zero-order chi connectivity index (χ0) is 23.8. The fourth-order valence-electron chi connectivity index (χ4n) is 4.73. The van der Waals surface area contributed by atoms with E-state index in [1.165, 1.54) is 6.20 Å². The highest BCUT2D eigenvalue weighted by molar-refractivity contribution is 5.70. The molecule has 2 fully saturated rings. The van der Waals surface area contributed by atoms with Gasteiger partial charge >= 0.3 is 0 Å². The molecule has 0 unspecified atom stereocenters. The predicted molar refractivity (Wildman–Crippen MR) is 132 cm³/mol. The number of halogens is 2. The van der Waals surface area contributed by atoms with Gasteiger partial charge in [-0.05, 0) is 49.4 Å². The summed E-state index contributed by atoms with van der Waals surface area (Å²) in [6.07, 6.45) is 6.30. The van der Waals surface area contributed by atoms with E-state index < -0.39 is 5.67 Å². The molecule has 0 spiro atoms. The molecule has 1 aromatic heterocycles. The Bertz CT molecular complexity index is 915. The van der Waals surface area contributed by atoms with E-state index >= 15 is 0 Å². The molecular formula is C26H36F2N4O2. The largest absolute Gasteiger partial charge is 0.383 e. The Labute approximate surface area is 200 Å². The number of hydrogen-bond acceptors (Lipinski definition) is 6. The van der Waals surface area contributed by atoms with Crippen molar-refractivity contribution in [3.05, 3.63) is 42.3 Å². The first kappa shape index (κ1) is 24.8. The molecule has 1 saturated carbocycles. The van der Waals surface area contributed by atoms with Crippen LogP contribution in [0.3, 0.4) is 0 Å². The Kier molecular flexibility index (Phi) is 8.69. The molecule has 1 aliphatic carbocycles. The number of aromatic nitrogens is 1. The summed E-state index contributed by atoms with van der Waals surface area (Å²) in [7, 11) is 1.71. The van der Waals surface area contributed by atoms with Crippen LogP contribution >= 0.6 is 0 Å². The van der Waals surface area contributed by atoms with Crippen LogP contribution < -0.4 is 16.0 Å². The maximum atomic E-state index is 14.9. The second-order valence-electron chi connectivity index (χ2n) is 9.39. The van der Waals surface area contributed by atoms with E-state index in [4.69, 9.17) is 9.47 Å². The van der Waals surface area contributed by atoms with Crippen molar-refractivity contribution in [2.24, 2.45) is 0 Å². The van der Waals surface area contributed by atoms with Crippen LogP contribution in [0.1, 0.15) is 38.5 Å². The first-order chi connectivity index (χ1) is 16.5. The topological polar surface area (TPSA) is 67.4 Å². The molecule has 186 valence electrons. The third-order valence-corrected chi connectivity index (χ3v) is 6.85. The Morgan fingerprint density at radius 1 is 1.12 bits per heavy atom. The van der Waals surface area contributed by atoms with Gasteiger partial charge in [0.1, 0.15) is 17.3 Å². The van der Waals surface area contributed by atoms with Gasteiger partial charge in [0.05, 0.1) is 12.8 Å². The summed E-state index contributed by atoms with van der Waals surface area (Å²) >= 11 is 0. The van der Waals surface area contributed by atoms with Crippen LogP contribution in [-0.4, -0.2) is 62.8 Å². The number of ether oxygens (including phenoxy) is 2. The lowest BCUT2D eigenvalue weighted by Gasteiger charge is -2.30. The summed E-state index contributed by atoms with van der Waals surface area (Å²) in [5, 5.41) is 10.2. The quantitative estimate of drug-likeness (QED) is 0.431. The second-order valence-corrected chi connectivity index (χ2v) is 9.39. The van der Waals surface area contributed by atoms with Crippen molar-refractivity contribution in [3.8, 4) is 11.1 Å². The Hall–Kier alpha value is -2.29. The van der Waals surface area contributed by atoms with Gasteiger partial charge in [0.2, 0.25) is 0 Å². The molecular weight excluding hydrogens is 438 g/mol. The van der Waals surface area contributed by atoms with Gasteiger partial charge in [-0.15, -0.1) is 0 Å². The lowest BCUT2D eigenvalue weighted by molar-refractivity contribution is -0.00115. The van der Waals surface area contributed by atoms with Crippen LogP contribution in [0.25, 0.3) is 11.1 Å². The van der Waals surface area contributed by atoms with Crippen LogP contribution in [-0.2, 0) is 9.47 Å². The normalized spacial score (nSPS) is 22.3. The lowest BCUT2D eigenvalue weighted by atomic mass is 9.91. The maximum absolute atomic E-state index is 14.9. The Balaban J connectivity index is 1.36. The van der Waals surface area contributed by atoms with E-state index in [9.17, 15) is 8.78 Å². The van der Waals surface area contributed by atoms with Crippen molar-refractivity contribution in [2.75, 3.05) is 50.7 Å². The van der Waals surface area contributed by atoms with E-state index in [0.29, 0.717) is 49.5 Å². The van der Waals surface area contributed by atoms with Crippen molar-refractivity contribution < 1.29 is 18.3 Å². The van der Waals surface area contributed by atoms with Crippen molar-refractivity contribution in [3.63, 3.8) is 0 Å². The van der Waals surface area contributed by atoms with Gasteiger partial charge < -0.3 is 25.4 Å². The highest BCUT2D eigenvalue weighted by atomic mass is 19.1. The second kappa shape index (κ2) is 11.9. The minimum absolute atomic E-state index is 0.217. The fraction of sp³-hybridized carbons (Fsp3) is 0.577. The van der Waals surface area contributed by atoms with Crippen LogP contribution in [0.4, 0.5) is 20.3 Å². The number of methoxy groups -OCH3 is 1. The molecule has 6 nitrogen and oxygen atoms in total. The van der Waals surface area contributed by atoms with Gasteiger partial charge in [-0.25, -0.2) is 13.8 Å². The molecule has 8 heteroatoms. The summed E-state index contributed by atoms with van der Waals surface area (Å²) in [4.78, 5) is 4.27. The van der Waals surface area contributed by atoms with E-state index in [1.807, 2.05) is 24.3 Å². The molecule has 2 heterocycles. The monoisotopic (exact) mass is 474 g/mol. The van der Waals surface area contributed by atoms with Crippen LogP contribution in [0.2, 0.25) is 0 Å². The highest BCUT2D eigenvalue weighted by Crippen LogP contribution is 2.30. The maximum Gasteiger partial charge on any atom is 0.149 e. The molecule has 0 bridgehead atoms. The summed E-state index contributed by atoms with van der Waals surface area (Å²) in [6, 6.07) is 10.1. The van der Waals surface area contributed by atoms with E-state index in [0.717, 1.165) is 50.1 Å². The van der Waals surface area contributed by atoms with Gasteiger partial charge in [0.25, 0.3) is 0 Å². The van der Waals surface area contributed by atoms with Crippen molar-refractivity contribution in [2.45, 2.75) is 56.3 Å². The summed E-state index contributed by atoms with van der Waals surface area (Å²) in [5.41, 5.74) is 0.716. The van der Waals surface area contributed by atoms with E-state index in [1.54, 1.807) is 13.2 Å². The van der Waals surface area contributed by atoms with Gasteiger partial charge in [-0.1, -0.05) is 12.1 Å². The van der Waals surface area contributed by atoms with Crippen molar-refractivity contribution in [1.29, 1.82) is 0 Å². The molecule has 2 aromatic rings. The lowest BCUT2D eigenvalue weighted by Crippen LogP contribution is -2.38. The van der Waals surface area contributed by atoms with Gasteiger partial charge in [0.15, 0.2) is 0 Å². The minimum Gasteiger partial charge on any atom is -0.383 e. The van der Waals surface area contributed by atoms with Crippen LogP contribution in [0.15, 0.2) is 36.5 Å². The zero-order valence-electron chi connectivity index (χ0n) is 19.9. The first-order valence-electron chi connectivity index (χ1n) is 12.3. The molecule has 3 N–H and O–H groups in total. The molecule has 1 aliphatic heterocycles. The SMILES string of the molecule is COCCN[C@H]1CC[C@H](Nc2cc(-c3cccc(NCC4(F)CCOCC4)c3)c(F)cn2)CC1. The molecule has 0 radical (unpaired) electrons. The highest BCUT2D eigenvalue weighted by Gasteiger charge is 2.32. The Morgan fingerprint density at radius 3 is 2.65 bits per heavy atom. The number of nitrogens with zero attached hydrogens (tertiary/aromatic N) is 1. The van der Waals surface area contributed by atoms with Gasteiger partial charge in [-0.3, -0.25) is 0 Å². The number of rotatable bonds is 10. The number of nitrogens with one attached hydrogen (secondary N) is 3. The van der Waals surface area contributed by atoms with Gasteiger partial charge in [0, 0.05) is 69.6 Å². The molecule has 0 atom stereocenters. The smallest absolute Gasteiger partial charge is 0.149 e. The molecule has 34 heavy (non-hydrogen) atoms. The molecule has 1 saturated heterocycles. The number of anilines is 2. The number of benzene rings is 1. The summed E-state index contributed by atoms with van der Waals surface area (Å²) in [6.45, 7) is 2.70. The number of hydrogen-bond donors (Lipinski definition) is 3. The third-order valence-electron chi connectivity index (χ3n) is 6.85. The molecule has 0 amide bonds. The van der Waals surface area contributed by atoms with Crippen molar-refractivity contribution in [1.82, 2.24) is 10.3 Å². The van der Waals surface area contributed by atoms with E-state index in [-0.39, 0.29) is 12.4 Å². The third kappa shape index (κ3) is 6.87. The average molecular weight is 475 g/mol. The average Bonchev–Trinajstić information content (AvgIpc) is 2.86. The summed E-state index contributed by atoms with van der Waals surface area (Å²) in [5.74, 6) is 0.301. The number of pyridine rings is 1. The molecule has 4 rings (SSSR count). The fourth-order valence-corrected chi connectivity index (χ4v) is 4.73. The zero-order valence-corrected chi connectivity index (χ0v) is 19.9. The first-order valence-corrected chi connectivity index (χ1v) is 12.3. The number of alkyl halides is 1. The minimum atomic E-state index is -1.27.